The minimum Gasteiger partial charge on any atom is -0.326 e. The molecule has 33 heavy (non-hydrogen) atoms. The van der Waals surface area contributed by atoms with E-state index in [1.165, 1.54) is 23.0 Å². The fraction of sp³-hybridized carbons (Fsp3) is 0.348. The molecule has 0 saturated carbocycles. The van der Waals surface area contributed by atoms with E-state index >= 15 is 0 Å². The molecule has 0 unspecified atom stereocenters. The van der Waals surface area contributed by atoms with Crippen LogP contribution < -0.4 is 5.32 Å². The summed E-state index contributed by atoms with van der Waals surface area (Å²) >= 11 is 1.32. The zero-order valence-electron chi connectivity index (χ0n) is 19.2. The third kappa shape index (κ3) is 5.45. The van der Waals surface area contributed by atoms with E-state index in [1.54, 1.807) is 42.5 Å². The van der Waals surface area contributed by atoms with Crippen molar-refractivity contribution < 1.29 is 18.0 Å². The van der Waals surface area contributed by atoms with Crippen molar-refractivity contribution in [3.05, 3.63) is 48.0 Å². The molecule has 176 valence electrons. The molecule has 1 amide bonds. The van der Waals surface area contributed by atoms with Crippen LogP contribution in [0.25, 0.3) is 11.0 Å². The van der Waals surface area contributed by atoms with Crippen molar-refractivity contribution in [1.82, 2.24) is 13.9 Å². The predicted octanol–water partition coefficient (Wildman–Crippen LogP) is 4.02. The van der Waals surface area contributed by atoms with Crippen LogP contribution in [0.2, 0.25) is 0 Å². The summed E-state index contributed by atoms with van der Waals surface area (Å²) in [6.07, 6.45) is 0. The zero-order valence-corrected chi connectivity index (χ0v) is 20.8. The van der Waals surface area contributed by atoms with Crippen LogP contribution in [0.3, 0.4) is 0 Å². The van der Waals surface area contributed by atoms with E-state index in [0.717, 1.165) is 5.52 Å². The highest BCUT2D eigenvalue weighted by atomic mass is 32.2. The highest BCUT2D eigenvalue weighted by Gasteiger charge is 2.23. The summed E-state index contributed by atoms with van der Waals surface area (Å²) in [6.45, 7) is 8.46. The van der Waals surface area contributed by atoms with Gasteiger partial charge in [-0.1, -0.05) is 25.6 Å². The van der Waals surface area contributed by atoms with E-state index in [-0.39, 0.29) is 22.3 Å². The van der Waals surface area contributed by atoms with Crippen LogP contribution >= 0.6 is 11.8 Å². The Morgan fingerprint density at radius 3 is 2.30 bits per heavy atom. The van der Waals surface area contributed by atoms with Crippen molar-refractivity contribution in [2.45, 2.75) is 44.3 Å². The maximum Gasteiger partial charge on any atom is 0.243 e. The van der Waals surface area contributed by atoms with Gasteiger partial charge in [-0.15, -0.1) is 0 Å². The first kappa shape index (κ1) is 24.9. The summed E-state index contributed by atoms with van der Waals surface area (Å²) in [4.78, 5) is 28.6. The fourth-order valence-electron chi connectivity index (χ4n) is 3.53. The number of carbonyl (C=O) groups is 2. The first-order valence-electron chi connectivity index (χ1n) is 10.7. The van der Waals surface area contributed by atoms with E-state index < -0.39 is 10.0 Å². The smallest absolute Gasteiger partial charge is 0.243 e. The highest BCUT2D eigenvalue weighted by molar-refractivity contribution is 7.99. The molecule has 0 saturated heterocycles. The van der Waals surface area contributed by atoms with Crippen LogP contribution in [0.1, 0.15) is 38.1 Å². The first-order chi connectivity index (χ1) is 15.7. The number of sulfonamides is 1. The summed E-state index contributed by atoms with van der Waals surface area (Å²) in [5, 5.41) is 3.33. The Labute approximate surface area is 198 Å². The number of hydrogen-bond donors (Lipinski definition) is 1. The molecule has 0 aliphatic carbocycles. The summed E-state index contributed by atoms with van der Waals surface area (Å²) in [6, 6.07) is 11.7. The molecule has 1 heterocycles. The van der Waals surface area contributed by atoms with E-state index in [2.05, 4.69) is 10.3 Å². The number of aromatic nitrogens is 2. The number of carbonyl (C=O) groups excluding carboxylic acids is 2. The third-order valence-corrected chi connectivity index (χ3v) is 8.23. The van der Waals surface area contributed by atoms with Crippen LogP contribution in [0.4, 0.5) is 5.69 Å². The summed E-state index contributed by atoms with van der Waals surface area (Å²) < 4.78 is 29.1. The molecule has 0 fully saturated rings. The van der Waals surface area contributed by atoms with Gasteiger partial charge in [-0.3, -0.25) is 9.59 Å². The molecular formula is C23H28N4O4S2. The van der Waals surface area contributed by atoms with E-state index in [0.29, 0.717) is 41.6 Å². The number of fused-ring (bicyclic) bond motifs is 1. The summed E-state index contributed by atoms with van der Waals surface area (Å²) in [5.41, 5.74) is 2.59. The highest BCUT2D eigenvalue weighted by Crippen LogP contribution is 2.28. The van der Waals surface area contributed by atoms with Gasteiger partial charge in [-0.2, -0.15) is 4.31 Å². The SMILES string of the molecule is CCN(CC)S(=O)(=O)c1ccc2c(c1)nc(SCC(=O)c1ccc(NC(C)=O)cc1)n2CC. The molecule has 0 aliphatic rings. The minimum absolute atomic E-state index is 0.0612. The van der Waals surface area contributed by atoms with Crippen LogP contribution in [-0.4, -0.2) is 52.8 Å². The van der Waals surface area contributed by atoms with Crippen LogP contribution in [0.15, 0.2) is 52.5 Å². The predicted molar refractivity (Wildman–Crippen MR) is 131 cm³/mol. The average Bonchev–Trinajstić information content (AvgIpc) is 3.14. The lowest BCUT2D eigenvalue weighted by Crippen LogP contribution is -2.30. The Kier molecular flexibility index (Phi) is 7.93. The minimum atomic E-state index is -3.58. The van der Waals surface area contributed by atoms with Gasteiger partial charge in [-0.25, -0.2) is 13.4 Å². The Morgan fingerprint density at radius 1 is 1.06 bits per heavy atom. The fourth-order valence-corrected chi connectivity index (χ4v) is 5.98. The van der Waals surface area contributed by atoms with Crippen molar-refractivity contribution in [3.8, 4) is 0 Å². The van der Waals surface area contributed by atoms with Gasteiger partial charge < -0.3 is 9.88 Å². The van der Waals surface area contributed by atoms with Crippen molar-refractivity contribution in [1.29, 1.82) is 0 Å². The topological polar surface area (TPSA) is 101 Å². The lowest BCUT2D eigenvalue weighted by atomic mass is 10.1. The van der Waals surface area contributed by atoms with Gasteiger partial charge in [0.15, 0.2) is 10.9 Å². The number of hydrogen-bond acceptors (Lipinski definition) is 6. The molecule has 1 N–H and O–H groups in total. The Bertz CT molecular complexity index is 1260. The molecule has 0 bridgehead atoms. The van der Waals surface area contributed by atoms with Gasteiger partial charge in [-0.05, 0) is 49.4 Å². The van der Waals surface area contributed by atoms with Crippen LogP contribution in [0.5, 0.6) is 0 Å². The van der Waals surface area contributed by atoms with Gasteiger partial charge in [0.1, 0.15) is 0 Å². The largest absolute Gasteiger partial charge is 0.326 e. The molecule has 0 radical (unpaired) electrons. The molecule has 10 heteroatoms. The van der Waals surface area contributed by atoms with Crippen molar-refractivity contribution >= 4 is 50.2 Å². The second-order valence-corrected chi connectivity index (χ2v) is 10.2. The van der Waals surface area contributed by atoms with Gasteiger partial charge in [0, 0.05) is 37.8 Å². The average molecular weight is 489 g/mol. The normalized spacial score (nSPS) is 11.8. The number of imidazole rings is 1. The number of amides is 1. The molecule has 8 nitrogen and oxygen atoms in total. The zero-order chi connectivity index (χ0) is 24.2. The molecule has 3 rings (SSSR count). The number of nitrogens with zero attached hydrogens (tertiary/aromatic N) is 3. The molecule has 1 aromatic heterocycles. The quantitative estimate of drug-likeness (QED) is 0.342. The number of aryl methyl sites for hydroxylation is 1. The van der Waals surface area contributed by atoms with Gasteiger partial charge in [0.25, 0.3) is 0 Å². The standard InChI is InChI=1S/C23H28N4O4S2/c1-5-26(6-2)33(30,31)19-12-13-21-20(14-19)25-23(27(21)7-3)32-15-22(29)17-8-10-18(11-9-17)24-16(4)28/h8-14H,5-7,15H2,1-4H3,(H,24,28). The van der Waals surface area contributed by atoms with Crippen LogP contribution in [-0.2, 0) is 21.4 Å². The maximum atomic E-state index is 12.9. The lowest BCUT2D eigenvalue weighted by Gasteiger charge is -2.18. The molecule has 3 aromatic rings. The molecule has 0 aliphatic heterocycles. The van der Waals surface area contributed by atoms with Crippen molar-refractivity contribution in [2.75, 3.05) is 24.2 Å². The van der Waals surface area contributed by atoms with Crippen LogP contribution in [0, 0.1) is 0 Å². The van der Waals surface area contributed by atoms with E-state index in [1.807, 2.05) is 25.3 Å². The van der Waals surface area contributed by atoms with Gasteiger partial charge >= 0.3 is 0 Å². The number of thioether (sulfide) groups is 1. The van der Waals surface area contributed by atoms with E-state index in [4.69, 9.17) is 0 Å². The second kappa shape index (κ2) is 10.5. The summed E-state index contributed by atoms with van der Waals surface area (Å²) in [7, 11) is -3.58. The van der Waals surface area contributed by atoms with Crippen molar-refractivity contribution in [3.63, 3.8) is 0 Å². The Morgan fingerprint density at radius 2 is 1.73 bits per heavy atom. The molecule has 2 aromatic carbocycles. The first-order valence-corrected chi connectivity index (χ1v) is 13.2. The van der Waals surface area contributed by atoms with Crippen molar-refractivity contribution in [2.24, 2.45) is 0 Å². The summed E-state index contributed by atoms with van der Waals surface area (Å²) in [5.74, 6) is -0.0435. The monoisotopic (exact) mass is 488 g/mol. The molecular weight excluding hydrogens is 460 g/mol. The van der Waals surface area contributed by atoms with E-state index in [9.17, 15) is 18.0 Å². The Balaban J connectivity index is 1.82. The maximum absolute atomic E-state index is 12.9. The number of rotatable bonds is 10. The lowest BCUT2D eigenvalue weighted by molar-refractivity contribution is -0.114. The number of benzene rings is 2. The number of nitrogens with one attached hydrogen (secondary N) is 1. The molecule has 0 spiro atoms. The molecule has 0 atom stereocenters. The number of ketones is 1. The number of Topliss-reactive ketones (excluding diaryl/α,β-unsaturated/α-hetero) is 1. The van der Waals surface area contributed by atoms with Gasteiger partial charge in [0.05, 0.1) is 21.7 Å². The van der Waals surface area contributed by atoms with Gasteiger partial charge in [0.2, 0.25) is 15.9 Å². The number of anilines is 1. The second-order valence-electron chi connectivity index (χ2n) is 7.35. The third-order valence-electron chi connectivity index (χ3n) is 5.20. The Hall–Kier alpha value is -2.69.